The lowest BCUT2D eigenvalue weighted by Crippen LogP contribution is -2.14. The van der Waals surface area contributed by atoms with Crippen LogP contribution in [0.3, 0.4) is 0 Å². The Morgan fingerprint density at radius 1 is 1.00 bits per heavy atom. The number of hydrogen-bond donors (Lipinski definition) is 1. The fraction of sp³-hybridized carbons (Fsp3) is 0.250. The first kappa shape index (κ1) is 20.6. The van der Waals surface area contributed by atoms with Crippen molar-refractivity contribution in [2.24, 2.45) is 0 Å². The van der Waals surface area contributed by atoms with Gasteiger partial charge >= 0.3 is 11.9 Å². The molecule has 142 valence electrons. The van der Waals surface area contributed by atoms with Crippen LogP contribution < -0.4 is 5.32 Å². The zero-order chi connectivity index (χ0) is 19.6. The average Bonchev–Trinajstić information content (AvgIpc) is 2.66. The number of rotatable bonds is 8. The first-order valence-corrected chi connectivity index (χ1v) is 9.25. The maximum atomic E-state index is 11.9. The molecule has 0 saturated carbocycles. The third-order valence-corrected chi connectivity index (χ3v) is 4.30. The van der Waals surface area contributed by atoms with Gasteiger partial charge in [0.15, 0.2) is 0 Å². The Bertz CT molecular complexity index is 807. The van der Waals surface area contributed by atoms with E-state index >= 15 is 0 Å². The van der Waals surface area contributed by atoms with Gasteiger partial charge in [0.05, 0.1) is 18.6 Å². The van der Waals surface area contributed by atoms with Crippen LogP contribution >= 0.6 is 15.9 Å². The summed E-state index contributed by atoms with van der Waals surface area (Å²) < 4.78 is 10.8. The Hall–Kier alpha value is -2.67. The van der Waals surface area contributed by atoms with Gasteiger partial charge in [-0.2, -0.15) is 0 Å². The third kappa shape index (κ3) is 6.86. The highest BCUT2D eigenvalue weighted by Crippen LogP contribution is 2.20. The molecule has 0 fully saturated rings. The van der Waals surface area contributed by atoms with Gasteiger partial charge in [0.25, 0.3) is 0 Å². The van der Waals surface area contributed by atoms with Crippen LogP contribution in [0.1, 0.15) is 35.7 Å². The summed E-state index contributed by atoms with van der Waals surface area (Å²) in [6.45, 7) is 2.08. The molecule has 0 aliphatic heterocycles. The number of benzene rings is 2. The maximum absolute atomic E-state index is 11.9. The molecule has 7 heteroatoms. The first-order valence-electron chi connectivity index (χ1n) is 8.45. The molecule has 0 radical (unpaired) electrons. The van der Waals surface area contributed by atoms with Crippen LogP contribution in [0.2, 0.25) is 0 Å². The fourth-order valence-electron chi connectivity index (χ4n) is 2.20. The topological polar surface area (TPSA) is 81.7 Å². The summed E-state index contributed by atoms with van der Waals surface area (Å²) in [5.41, 5.74) is 1.81. The molecule has 0 bridgehead atoms. The molecule has 0 aliphatic carbocycles. The molecule has 2 aromatic carbocycles. The third-order valence-electron chi connectivity index (χ3n) is 3.57. The van der Waals surface area contributed by atoms with Crippen molar-refractivity contribution in [1.29, 1.82) is 0 Å². The molecule has 0 aliphatic rings. The van der Waals surface area contributed by atoms with Gasteiger partial charge in [-0.15, -0.1) is 0 Å². The molecule has 0 saturated heterocycles. The number of hydrogen-bond acceptors (Lipinski definition) is 5. The molecule has 2 aromatic rings. The Morgan fingerprint density at radius 3 is 2.41 bits per heavy atom. The Labute approximate surface area is 166 Å². The molecule has 27 heavy (non-hydrogen) atoms. The number of anilines is 1. The van der Waals surface area contributed by atoms with E-state index in [4.69, 9.17) is 9.47 Å². The summed E-state index contributed by atoms with van der Waals surface area (Å²) in [6.07, 6.45) is 0.0217. The van der Waals surface area contributed by atoms with Gasteiger partial charge in [-0.25, -0.2) is 4.79 Å². The quantitative estimate of drug-likeness (QED) is 0.633. The van der Waals surface area contributed by atoms with Gasteiger partial charge in [0.2, 0.25) is 5.91 Å². The zero-order valence-electron chi connectivity index (χ0n) is 14.9. The smallest absolute Gasteiger partial charge is 0.338 e. The van der Waals surface area contributed by atoms with Crippen molar-refractivity contribution in [1.82, 2.24) is 0 Å². The summed E-state index contributed by atoms with van der Waals surface area (Å²) in [5, 5.41) is 2.71. The van der Waals surface area contributed by atoms with Crippen LogP contribution in [0.15, 0.2) is 53.0 Å². The minimum Gasteiger partial charge on any atom is -0.462 e. The van der Waals surface area contributed by atoms with E-state index in [0.29, 0.717) is 27.9 Å². The van der Waals surface area contributed by atoms with Crippen molar-refractivity contribution < 1.29 is 23.9 Å². The number of esters is 2. The Kier molecular flexibility index (Phi) is 8.00. The van der Waals surface area contributed by atoms with E-state index in [1.165, 1.54) is 0 Å². The van der Waals surface area contributed by atoms with E-state index in [1.54, 1.807) is 37.3 Å². The van der Waals surface area contributed by atoms with E-state index in [0.717, 1.165) is 0 Å². The molecule has 2 rings (SSSR count). The number of nitrogens with one attached hydrogen (secondary N) is 1. The number of ether oxygens (including phenoxy) is 2. The lowest BCUT2D eigenvalue weighted by atomic mass is 10.1. The van der Waals surface area contributed by atoms with E-state index in [9.17, 15) is 14.4 Å². The van der Waals surface area contributed by atoms with E-state index in [1.807, 2.05) is 18.2 Å². The molecule has 0 spiro atoms. The van der Waals surface area contributed by atoms with Crippen molar-refractivity contribution in [3.8, 4) is 0 Å². The van der Waals surface area contributed by atoms with Gasteiger partial charge in [-0.3, -0.25) is 9.59 Å². The maximum Gasteiger partial charge on any atom is 0.338 e. The normalized spacial score (nSPS) is 10.1. The number of carbonyl (C=O) groups is 3. The van der Waals surface area contributed by atoms with Crippen molar-refractivity contribution >= 4 is 39.5 Å². The van der Waals surface area contributed by atoms with Crippen LogP contribution in [0.4, 0.5) is 5.69 Å². The zero-order valence-corrected chi connectivity index (χ0v) is 16.5. The van der Waals surface area contributed by atoms with Crippen LogP contribution in [-0.2, 0) is 25.7 Å². The molecule has 0 aromatic heterocycles. The lowest BCUT2D eigenvalue weighted by Gasteiger charge is -2.09. The minimum atomic E-state index is -0.473. The highest BCUT2D eigenvalue weighted by Gasteiger charge is 2.12. The standard InChI is InChI=1S/C20H20BrNO5/c1-2-26-20(25)14-8-9-15(17(21)12-14)13-27-19(24)11-10-18(23)22-16-6-4-3-5-7-16/h3-9,12H,2,10-11,13H2,1H3,(H,22,23). The molecular formula is C20H20BrNO5. The second-order valence-corrected chi connectivity index (χ2v) is 6.46. The van der Waals surface area contributed by atoms with E-state index in [2.05, 4.69) is 21.2 Å². The minimum absolute atomic E-state index is 0.0167. The van der Waals surface area contributed by atoms with Gasteiger partial charge in [-0.1, -0.05) is 40.2 Å². The van der Waals surface area contributed by atoms with Gasteiger partial charge in [0, 0.05) is 22.1 Å². The number of amides is 1. The van der Waals surface area contributed by atoms with Crippen LogP contribution in [0, 0.1) is 0 Å². The van der Waals surface area contributed by atoms with Crippen LogP contribution in [-0.4, -0.2) is 24.5 Å². The first-order chi connectivity index (χ1) is 13.0. The molecule has 6 nitrogen and oxygen atoms in total. The van der Waals surface area contributed by atoms with Gasteiger partial charge in [-0.05, 0) is 31.2 Å². The predicted octanol–water partition coefficient (Wildman–Crippen LogP) is 4.09. The van der Waals surface area contributed by atoms with Gasteiger partial charge in [0.1, 0.15) is 6.61 Å². The summed E-state index contributed by atoms with van der Waals surface area (Å²) in [4.78, 5) is 35.4. The number of halogens is 1. The van der Waals surface area contributed by atoms with E-state index < -0.39 is 11.9 Å². The molecule has 0 heterocycles. The second kappa shape index (κ2) is 10.5. The number of carbonyl (C=O) groups excluding carboxylic acids is 3. The summed E-state index contributed by atoms with van der Waals surface area (Å²) in [5.74, 6) is -1.14. The second-order valence-electron chi connectivity index (χ2n) is 5.60. The molecule has 1 amide bonds. The van der Waals surface area contributed by atoms with Crippen LogP contribution in [0.25, 0.3) is 0 Å². The molecule has 1 N–H and O–H groups in total. The van der Waals surface area contributed by atoms with Crippen molar-refractivity contribution in [3.05, 3.63) is 64.1 Å². The van der Waals surface area contributed by atoms with Crippen LogP contribution in [0.5, 0.6) is 0 Å². The highest BCUT2D eigenvalue weighted by atomic mass is 79.9. The summed E-state index contributed by atoms with van der Waals surface area (Å²) in [7, 11) is 0. The van der Waals surface area contributed by atoms with E-state index in [-0.39, 0.29) is 25.4 Å². The molecule has 0 unspecified atom stereocenters. The Balaban J connectivity index is 1.78. The van der Waals surface area contributed by atoms with Crippen molar-refractivity contribution in [3.63, 3.8) is 0 Å². The summed E-state index contributed by atoms with van der Waals surface area (Å²) >= 11 is 3.35. The monoisotopic (exact) mass is 433 g/mol. The highest BCUT2D eigenvalue weighted by molar-refractivity contribution is 9.10. The Morgan fingerprint density at radius 2 is 1.74 bits per heavy atom. The number of para-hydroxylation sites is 1. The SMILES string of the molecule is CCOC(=O)c1ccc(COC(=O)CCC(=O)Nc2ccccc2)c(Br)c1. The lowest BCUT2D eigenvalue weighted by molar-refractivity contribution is -0.145. The predicted molar refractivity (Wildman–Crippen MR) is 104 cm³/mol. The largest absolute Gasteiger partial charge is 0.462 e. The fourth-order valence-corrected chi connectivity index (χ4v) is 2.69. The summed E-state index contributed by atoms with van der Waals surface area (Å²) in [6, 6.07) is 13.9. The molecule has 0 atom stereocenters. The van der Waals surface area contributed by atoms with Crippen molar-refractivity contribution in [2.75, 3.05) is 11.9 Å². The van der Waals surface area contributed by atoms with Gasteiger partial charge < -0.3 is 14.8 Å². The average molecular weight is 434 g/mol. The molecular weight excluding hydrogens is 414 g/mol. The van der Waals surface area contributed by atoms with Crippen molar-refractivity contribution in [2.45, 2.75) is 26.4 Å².